The van der Waals surface area contributed by atoms with E-state index in [-0.39, 0.29) is 12.4 Å². The highest BCUT2D eigenvalue weighted by atomic mass is 35.5. The van der Waals surface area contributed by atoms with E-state index in [0.29, 0.717) is 6.54 Å². The van der Waals surface area contributed by atoms with Crippen molar-refractivity contribution in [3.63, 3.8) is 0 Å². The molecule has 0 bridgehead atoms. The van der Waals surface area contributed by atoms with Crippen molar-refractivity contribution in [3.05, 3.63) is 65.5 Å². The van der Waals surface area contributed by atoms with Gasteiger partial charge in [0.25, 0.3) is 0 Å². The molecule has 0 saturated carbocycles. The summed E-state index contributed by atoms with van der Waals surface area (Å²) in [5.41, 5.74) is 0.970. The first-order valence-electron chi connectivity index (χ1n) is 7.30. The highest BCUT2D eigenvalue weighted by Crippen LogP contribution is 2.33. The fourth-order valence-electron chi connectivity index (χ4n) is 2.53. The SMILES string of the molecule is CNC[C@H](O)[C@@H](Oc1cccc2sccc12)c1ccccc1.Cl. The van der Waals surface area contributed by atoms with Gasteiger partial charge in [-0.1, -0.05) is 36.4 Å². The summed E-state index contributed by atoms with van der Waals surface area (Å²) < 4.78 is 7.39. The molecule has 0 aliphatic rings. The zero-order valence-corrected chi connectivity index (χ0v) is 14.4. The monoisotopic (exact) mass is 349 g/mol. The van der Waals surface area contributed by atoms with E-state index < -0.39 is 12.2 Å². The number of hydrogen-bond donors (Lipinski definition) is 2. The quantitative estimate of drug-likeness (QED) is 0.706. The highest BCUT2D eigenvalue weighted by molar-refractivity contribution is 7.17. The van der Waals surface area contributed by atoms with Crippen molar-refractivity contribution in [1.29, 1.82) is 0 Å². The van der Waals surface area contributed by atoms with E-state index in [2.05, 4.69) is 22.8 Å². The zero-order chi connectivity index (χ0) is 15.4. The third-order valence-corrected chi connectivity index (χ3v) is 4.48. The molecule has 122 valence electrons. The normalized spacial score (nSPS) is 13.3. The fraction of sp³-hybridized carbons (Fsp3) is 0.222. The first kappa shape index (κ1) is 17.8. The van der Waals surface area contributed by atoms with Crippen LogP contribution in [0.25, 0.3) is 10.1 Å². The summed E-state index contributed by atoms with van der Waals surface area (Å²) >= 11 is 1.69. The van der Waals surface area contributed by atoms with E-state index in [1.807, 2.05) is 49.5 Å². The van der Waals surface area contributed by atoms with Crippen molar-refractivity contribution >= 4 is 33.8 Å². The standard InChI is InChI=1S/C18H19NO2S.ClH/c1-19-12-15(20)18(13-6-3-2-4-7-13)21-16-8-5-9-17-14(16)10-11-22-17;/h2-11,15,18-20H,12H2,1H3;1H/t15-,18-;/m0./s1. The Kier molecular flexibility index (Phi) is 6.42. The first-order valence-corrected chi connectivity index (χ1v) is 8.18. The average molecular weight is 350 g/mol. The molecule has 0 aliphatic heterocycles. The lowest BCUT2D eigenvalue weighted by Crippen LogP contribution is -2.32. The number of ether oxygens (including phenoxy) is 1. The Balaban J connectivity index is 0.00000192. The van der Waals surface area contributed by atoms with Crippen LogP contribution in [-0.4, -0.2) is 24.8 Å². The molecule has 0 aliphatic carbocycles. The summed E-state index contributed by atoms with van der Waals surface area (Å²) in [4.78, 5) is 0. The van der Waals surface area contributed by atoms with Gasteiger partial charge in [-0.05, 0) is 36.2 Å². The zero-order valence-electron chi connectivity index (χ0n) is 12.8. The largest absolute Gasteiger partial charge is 0.482 e. The van der Waals surface area contributed by atoms with Crippen LogP contribution in [0.2, 0.25) is 0 Å². The molecule has 3 nitrogen and oxygen atoms in total. The van der Waals surface area contributed by atoms with Crippen LogP contribution in [0.3, 0.4) is 0 Å². The van der Waals surface area contributed by atoms with Gasteiger partial charge in [0.2, 0.25) is 0 Å². The van der Waals surface area contributed by atoms with Crippen LogP contribution in [0.4, 0.5) is 0 Å². The molecule has 2 atom stereocenters. The molecule has 0 saturated heterocycles. The number of aliphatic hydroxyl groups excluding tert-OH is 1. The van der Waals surface area contributed by atoms with Crippen LogP contribution in [0, 0.1) is 0 Å². The van der Waals surface area contributed by atoms with Gasteiger partial charge in [-0.3, -0.25) is 0 Å². The van der Waals surface area contributed by atoms with Crippen LogP contribution < -0.4 is 10.1 Å². The van der Waals surface area contributed by atoms with Crippen molar-refractivity contribution in [3.8, 4) is 5.75 Å². The second-order valence-corrected chi connectivity index (χ2v) is 6.11. The number of halogens is 1. The van der Waals surface area contributed by atoms with Crippen LogP contribution in [0.1, 0.15) is 11.7 Å². The maximum atomic E-state index is 10.5. The molecule has 0 fully saturated rings. The molecule has 0 unspecified atom stereocenters. The first-order chi connectivity index (χ1) is 10.8. The van der Waals surface area contributed by atoms with E-state index in [9.17, 15) is 5.11 Å². The van der Waals surface area contributed by atoms with E-state index in [1.165, 1.54) is 4.70 Å². The lowest BCUT2D eigenvalue weighted by molar-refractivity contribution is 0.0379. The van der Waals surface area contributed by atoms with Gasteiger partial charge in [0.05, 0.1) is 0 Å². The molecule has 1 heterocycles. The van der Waals surface area contributed by atoms with Crippen molar-refractivity contribution in [2.24, 2.45) is 0 Å². The van der Waals surface area contributed by atoms with Gasteiger partial charge in [-0.2, -0.15) is 0 Å². The summed E-state index contributed by atoms with van der Waals surface area (Å²) in [6, 6.07) is 17.9. The van der Waals surface area contributed by atoms with Gasteiger partial charge in [0, 0.05) is 16.6 Å². The number of likely N-dealkylation sites (N-methyl/N-ethyl adjacent to an activating group) is 1. The minimum Gasteiger partial charge on any atom is -0.482 e. The minimum absolute atomic E-state index is 0. The third-order valence-electron chi connectivity index (χ3n) is 3.60. The van der Waals surface area contributed by atoms with E-state index >= 15 is 0 Å². The van der Waals surface area contributed by atoms with Gasteiger partial charge < -0.3 is 15.2 Å². The van der Waals surface area contributed by atoms with Crippen LogP contribution in [0.5, 0.6) is 5.75 Å². The average Bonchev–Trinajstić information content (AvgIpc) is 3.03. The molecule has 23 heavy (non-hydrogen) atoms. The highest BCUT2D eigenvalue weighted by Gasteiger charge is 2.23. The number of fused-ring (bicyclic) bond motifs is 1. The van der Waals surface area contributed by atoms with E-state index in [1.54, 1.807) is 11.3 Å². The predicted octanol–water partition coefficient (Wildman–Crippen LogP) is 4.02. The summed E-state index contributed by atoms with van der Waals surface area (Å²) in [5, 5.41) is 16.6. The Hall–Kier alpha value is -1.59. The van der Waals surface area contributed by atoms with Gasteiger partial charge >= 0.3 is 0 Å². The number of benzene rings is 2. The number of aliphatic hydroxyl groups is 1. The Morgan fingerprint density at radius 2 is 1.87 bits per heavy atom. The second kappa shape index (κ2) is 8.31. The number of thiophene rings is 1. The lowest BCUT2D eigenvalue weighted by atomic mass is 10.0. The molecular weight excluding hydrogens is 330 g/mol. The molecule has 0 spiro atoms. The van der Waals surface area contributed by atoms with Crippen LogP contribution in [0.15, 0.2) is 60.0 Å². The molecule has 2 aromatic carbocycles. The second-order valence-electron chi connectivity index (χ2n) is 5.16. The minimum atomic E-state index is -0.624. The molecule has 0 amide bonds. The van der Waals surface area contributed by atoms with Crippen molar-refractivity contribution in [1.82, 2.24) is 5.32 Å². The molecular formula is C18H20ClNO2S. The maximum Gasteiger partial charge on any atom is 0.151 e. The van der Waals surface area contributed by atoms with Gasteiger partial charge in [-0.15, -0.1) is 23.7 Å². The molecule has 1 aromatic heterocycles. The van der Waals surface area contributed by atoms with Crippen molar-refractivity contribution in [2.75, 3.05) is 13.6 Å². The summed E-state index contributed by atoms with van der Waals surface area (Å²) in [5.74, 6) is 0.808. The Bertz CT molecular complexity index is 732. The lowest BCUT2D eigenvalue weighted by Gasteiger charge is -2.25. The third kappa shape index (κ3) is 4.03. The Morgan fingerprint density at radius 3 is 2.61 bits per heavy atom. The topological polar surface area (TPSA) is 41.5 Å². The predicted molar refractivity (Wildman–Crippen MR) is 98.8 cm³/mol. The summed E-state index contributed by atoms with van der Waals surface area (Å²) in [6.45, 7) is 0.471. The number of rotatable bonds is 6. The van der Waals surface area contributed by atoms with Crippen LogP contribution in [-0.2, 0) is 0 Å². The van der Waals surface area contributed by atoms with E-state index in [0.717, 1.165) is 16.7 Å². The summed E-state index contributed by atoms with van der Waals surface area (Å²) in [7, 11) is 1.82. The summed E-state index contributed by atoms with van der Waals surface area (Å²) in [6.07, 6.45) is -1.03. The Morgan fingerprint density at radius 1 is 1.09 bits per heavy atom. The number of nitrogens with one attached hydrogen (secondary N) is 1. The Labute approximate surface area is 146 Å². The molecule has 3 aromatic rings. The molecule has 5 heteroatoms. The molecule has 3 rings (SSSR count). The van der Waals surface area contributed by atoms with Crippen molar-refractivity contribution < 1.29 is 9.84 Å². The van der Waals surface area contributed by atoms with Crippen LogP contribution >= 0.6 is 23.7 Å². The molecule has 0 radical (unpaired) electrons. The van der Waals surface area contributed by atoms with E-state index in [4.69, 9.17) is 4.74 Å². The van der Waals surface area contributed by atoms with Gasteiger partial charge in [0.1, 0.15) is 11.9 Å². The number of hydrogen-bond acceptors (Lipinski definition) is 4. The maximum absolute atomic E-state index is 10.5. The van der Waals surface area contributed by atoms with Gasteiger partial charge in [0.15, 0.2) is 6.10 Å². The smallest absolute Gasteiger partial charge is 0.151 e. The fourth-order valence-corrected chi connectivity index (χ4v) is 3.34. The van der Waals surface area contributed by atoms with Gasteiger partial charge in [-0.25, -0.2) is 0 Å². The molecule has 2 N–H and O–H groups in total. The van der Waals surface area contributed by atoms with Crippen molar-refractivity contribution in [2.45, 2.75) is 12.2 Å².